The molecular weight excluding hydrogens is 324 g/mol. The van der Waals surface area contributed by atoms with Gasteiger partial charge >= 0.3 is 0 Å². The molecule has 0 amide bonds. The number of benzene rings is 1. The van der Waals surface area contributed by atoms with Gasteiger partial charge in [-0.25, -0.2) is 4.98 Å². The first-order valence-electron chi connectivity index (χ1n) is 6.29. The molecule has 2 heterocycles. The minimum atomic E-state index is -0.292. The molecule has 20 heavy (non-hydrogen) atoms. The van der Waals surface area contributed by atoms with Gasteiger partial charge in [-0.3, -0.25) is 0 Å². The van der Waals surface area contributed by atoms with E-state index in [1.165, 1.54) is 0 Å². The predicted octanol–water partition coefficient (Wildman–Crippen LogP) is 1.97. The van der Waals surface area contributed by atoms with Gasteiger partial charge in [0.05, 0.1) is 30.8 Å². The molecular formula is C14H15BrN2O3. The Bertz CT molecular complexity index is 633. The molecule has 1 aliphatic heterocycles. The van der Waals surface area contributed by atoms with Gasteiger partial charge in [-0.15, -0.1) is 0 Å². The number of aliphatic hydroxyl groups excluding tert-OH is 1. The van der Waals surface area contributed by atoms with Crippen molar-refractivity contribution in [1.82, 2.24) is 4.98 Å². The molecule has 0 saturated carbocycles. The lowest BCUT2D eigenvalue weighted by Gasteiger charge is -2.39. The SMILES string of the molecule is Nc1cc(OCC2(CO)COC2)c2ccc(Br)cc2n1. The van der Waals surface area contributed by atoms with Crippen LogP contribution in [-0.4, -0.2) is 36.5 Å². The summed E-state index contributed by atoms with van der Waals surface area (Å²) >= 11 is 3.41. The fourth-order valence-corrected chi connectivity index (χ4v) is 2.50. The Morgan fingerprint density at radius 2 is 2.20 bits per heavy atom. The molecule has 0 aliphatic carbocycles. The number of nitrogens with zero attached hydrogens (tertiary/aromatic N) is 1. The molecule has 5 nitrogen and oxygen atoms in total. The predicted molar refractivity (Wildman–Crippen MR) is 79.7 cm³/mol. The zero-order chi connectivity index (χ0) is 14.2. The quantitative estimate of drug-likeness (QED) is 0.891. The van der Waals surface area contributed by atoms with Crippen LogP contribution in [-0.2, 0) is 4.74 Å². The number of hydrogen-bond acceptors (Lipinski definition) is 5. The summed E-state index contributed by atoms with van der Waals surface area (Å²) in [6.45, 7) is 1.50. The van der Waals surface area contributed by atoms with Crippen molar-refractivity contribution in [2.75, 3.05) is 32.2 Å². The van der Waals surface area contributed by atoms with Crippen molar-refractivity contribution in [1.29, 1.82) is 0 Å². The van der Waals surface area contributed by atoms with Crippen LogP contribution >= 0.6 is 15.9 Å². The molecule has 2 aromatic rings. The smallest absolute Gasteiger partial charge is 0.132 e. The third-order valence-electron chi connectivity index (χ3n) is 3.44. The van der Waals surface area contributed by atoms with Gasteiger partial charge in [-0.2, -0.15) is 0 Å². The maximum absolute atomic E-state index is 9.42. The normalized spacial score (nSPS) is 16.9. The zero-order valence-electron chi connectivity index (χ0n) is 10.8. The van der Waals surface area contributed by atoms with Crippen LogP contribution in [0.1, 0.15) is 0 Å². The van der Waals surface area contributed by atoms with Crippen LogP contribution in [0.4, 0.5) is 5.82 Å². The molecule has 3 N–H and O–H groups in total. The van der Waals surface area contributed by atoms with Crippen molar-refractivity contribution < 1.29 is 14.6 Å². The summed E-state index contributed by atoms with van der Waals surface area (Å²) in [5, 5.41) is 10.3. The number of aromatic nitrogens is 1. The van der Waals surface area contributed by atoms with Crippen LogP contribution in [0, 0.1) is 5.41 Å². The van der Waals surface area contributed by atoms with Crippen LogP contribution in [0.2, 0.25) is 0 Å². The molecule has 1 saturated heterocycles. The van der Waals surface area contributed by atoms with E-state index in [-0.39, 0.29) is 12.0 Å². The van der Waals surface area contributed by atoms with Gasteiger partial charge in [0.1, 0.15) is 18.2 Å². The van der Waals surface area contributed by atoms with Crippen LogP contribution < -0.4 is 10.5 Å². The van der Waals surface area contributed by atoms with E-state index < -0.39 is 0 Å². The Hall–Kier alpha value is -1.37. The van der Waals surface area contributed by atoms with E-state index in [9.17, 15) is 5.11 Å². The maximum Gasteiger partial charge on any atom is 0.132 e. The van der Waals surface area contributed by atoms with Crippen molar-refractivity contribution in [2.45, 2.75) is 0 Å². The molecule has 0 bridgehead atoms. The topological polar surface area (TPSA) is 77.6 Å². The van der Waals surface area contributed by atoms with E-state index in [1.807, 2.05) is 18.2 Å². The Morgan fingerprint density at radius 1 is 1.40 bits per heavy atom. The van der Waals surface area contributed by atoms with Gasteiger partial charge in [0, 0.05) is 15.9 Å². The highest BCUT2D eigenvalue weighted by Crippen LogP contribution is 2.32. The number of rotatable bonds is 4. The average Bonchev–Trinajstić information content (AvgIpc) is 2.37. The fourth-order valence-electron chi connectivity index (χ4n) is 2.15. The monoisotopic (exact) mass is 338 g/mol. The fraction of sp³-hybridized carbons (Fsp3) is 0.357. The zero-order valence-corrected chi connectivity index (χ0v) is 12.4. The molecule has 0 radical (unpaired) electrons. The van der Waals surface area contributed by atoms with E-state index in [4.69, 9.17) is 15.2 Å². The maximum atomic E-state index is 9.42. The number of nitrogen functional groups attached to an aromatic ring is 1. The molecule has 0 unspecified atom stereocenters. The summed E-state index contributed by atoms with van der Waals surface area (Å²) < 4.78 is 12.0. The highest BCUT2D eigenvalue weighted by atomic mass is 79.9. The number of aliphatic hydroxyl groups is 1. The summed E-state index contributed by atoms with van der Waals surface area (Å²) in [6, 6.07) is 7.47. The van der Waals surface area contributed by atoms with Crippen molar-refractivity contribution in [2.24, 2.45) is 5.41 Å². The second-order valence-electron chi connectivity index (χ2n) is 5.15. The third kappa shape index (κ3) is 2.46. The largest absolute Gasteiger partial charge is 0.492 e. The molecule has 1 aromatic carbocycles. The number of fused-ring (bicyclic) bond motifs is 1. The molecule has 0 atom stereocenters. The molecule has 1 aliphatic rings. The number of ether oxygens (including phenoxy) is 2. The van der Waals surface area contributed by atoms with Gasteiger partial charge in [-0.1, -0.05) is 15.9 Å². The molecule has 1 aromatic heterocycles. The molecule has 106 valence electrons. The lowest BCUT2D eigenvalue weighted by Crippen LogP contribution is -2.49. The third-order valence-corrected chi connectivity index (χ3v) is 3.93. The molecule has 1 fully saturated rings. The van der Waals surface area contributed by atoms with Crippen LogP contribution in [0.25, 0.3) is 10.9 Å². The summed E-state index contributed by atoms with van der Waals surface area (Å²) in [5.74, 6) is 1.09. The van der Waals surface area contributed by atoms with Gasteiger partial charge in [0.15, 0.2) is 0 Å². The lowest BCUT2D eigenvalue weighted by atomic mass is 9.88. The van der Waals surface area contributed by atoms with Crippen molar-refractivity contribution in [3.8, 4) is 5.75 Å². The second-order valence-corrected chi connectivity index (χ2v) is 6.06. The lowest BCUT2D eigenvalue weighted by molar-refractivity contribution is -0.153. The summed E-state index contributed by atoms with van der Waals surface area (Å²) in [7, 11) is 0. The van der Waals surface area contributed by atoms with Crippen LogP contribution in [0.5, 0.6) is 5.75 Å². The van der Waals surface area contributed by atoms with Crippen molar-refractivity contribution in [3.63, 3.8) is 0 Å². The van der Waals surface area contributed by atoms with E-state index >= 15 is 0 Å². The molecule has 3 rings (SSSR count). The Morgan fingerprint density at radius 3 is 2.85 bits per heavy atom. The number of nitrogens with two attached hydrogens (primary N) is 1. The summed E-state index contributed by atoms with van der Waals surface area (Å²) in [4.78, 5) is 4.29. The summed E-state index contributed by atoms with van der Waals surface area (Å²) in [6.07, 6.45) is 0. The van der Waals surface area contributed by atoms with Crippen molar-refractivity contribution in [3.05, 3.63) is 28.7 Å². The Balaban J connectivity index is 1.90. The van der Waals surface area contributed by atoms with E-state index in [2.05, 4.69) is 20.9 Å². The van der Waals surface area contributed by atoms with E-state index in [1.54, 1.807) is 6.07 Å². The van der Waals surface area contributed by atoms with Crippen molar-refractivity contribution >= 4 is 32.7 Å². The highest BCUT2D eigenvalue weighted by molar-refractivity contribution is 9.10. The Labute approximate surface area is 124 Å². The minimum absolute atomic E-state index is 0.0526. The number of halogens is 1. The minimum Gasteiger partial charge on any atom is -0.492 e. The summed E-state index contributed by atoms with van der Waals surface area (Å²) in [5.41, 5.74) is 6.30. The van der Waals surface area contributed by atoms with Crippen LogP contribution in [0.3, 0.4) is 0 Å². The molecule has 0 spiro atoms. The first-order chi connectivity index (χ1) is 9.62. The van der Waals surface area contributed by atoms with Crippen LogP contribution in [0.15, 0.2) is 28.7 Å². The van der Waals surface area contributed by atoms with E-state index in [0.717, 1.165) is 15.4 Å². The first-order valence-corrected chi connectivity index (χ1v) is 7.08. The van der Waals surface area contributed by atoms with E-state index in [0.29, 0.717) is 31.4 Å². The molecule has 6 heteroatoms. The van der Waals surface area contributed by atoms with Gasteiger partial charge in [0.25, 0.3) is 0 Å². The first kappa shape index (κ1) is 13.6. The standard InChI is InChI=1S/C14H15BrN2O3/c15-9-1-2-10-11(3-9)17-13(16)4-12(10)20-8-14(5-18)6-19-7-14/h1-4,18H,5-8H2,(H2,16,17). The second kappa shape index (κ2) is 5.20. The Kier molecular flexibility index (Phi) is 3.54. The number of anilines is 1. The van der Waals surface area contributed by atoms with Gasteiger partial charge in [-0.05, 0) is 18.2 Å². The van der Waals surface area contributed by atoms with Gasteiger partial charge < -0.3 is 20.3 Å². The highest BCUT2D eigenvalue weighted by Gasteiger charge is 2.39. The van der Waals surface area contributed by atoms with Gasteiger partial charge in [0.2, 0.25) is 0 Å². The number of pyridine rings is 1. The average molecular weight is 339 g/mol. The number of hydrogen-bond donors (Lipinski definition) is 2.